The van der Waals surface area contributed by atoms with E-state index < -0.39 is 0 Å². The van der Waals surface area contributed by atoms with Crippen molar-refractivity contribution in [1.82, 2.24) is 15.2 Å². The highest BCUT2D eigenvalue weighted by molar-refractivity contribution is 9.10. The third kappa shape index (κ3) is 3.70. The molecule has 5 nitrogen and oxygen atoms in total. The number of nitrogens with zero attached hydrogens (tertiary/aromatic N) is 2. The monoisotopic (exact) mass is 359 g/mol. The van der Waals surface area contributed by atoms with E-state index in [0.29, 0.717) is 23.1 Å². The van der Waals surface area contributed by atoms with Crippen molar-refractivity contribution in [3.63, 3.8) is 0 Å². The van der Waals surface area contributed by atoms with Crippen LogP contribution in [0.4, 0.5) is 0 Å². The maximum Gasteiger partial charge on any atom is 0.257 e. The van der Waals surface area contributed by atoms with Crippen LogP contribution in [0, 0.1) is 0 Å². The normalized spacial score (nSPS) is 18.8. The van der Waals surface area contributed by atoms with Crippen LogP contribution in [0.15, 0.2) is 16.7 Å². The van der Waals surface area contributed by atoms with Crippen LogP contribution < -0.4 is 5.32 Å². The molecule has 1 aliphatic rings. The lowest BCUT2D eigenvalue weighted by molar-refractivity contribution is -0.120. The molecule has 1 atom stereocenters. The fourth-order valence-corrected chi connectivity index (χ4v) is 2.83. The number of nitrogens with one attached hydrogen (secondary N) is 1. The van der Waals surface area contributed by atoms with Gasteiger partial charge in [-0.25, -0.2) is 4.98 Å². The topological polar surface area (TPSA) is 62.3 Å². The molecule has 7 heteroatoms. The summed E-state index contributed by atoms with van der Waals surface area (Å²) in [4.78, 5) is 29.2. The van der Waals surface area contributed by atoms with Crippen LogP contribution in [0.3, 0.4) is 0 Å². The molecule has 1 aliphatic heterocycles. The number of amides is 2. The van der Waals surface area contributed by atoms with Gasteiger partial charge in [0.25, 0.3) is 5.91 Å². The Kier molecular flexibility index (Phi) is 4.99. The Morgan fingerprint density at radius 3 is 3.00 bits per heavy atom. The summed E-state index contributed by atoms with van der Waals surface area (Å²) in [5, 5.41) is 3.05. The molecule has 0 spiro atoms. The van der Waals surface area contributed by atoms with Gasteiger partial charge in [-0.1, -0.05) is 11.6 Å². The Labute approximate surface area is 130 Å². The van der Waals surface area contributed by atoms with Crippen LogP contribution in [0.25, 0.3) is 0 Å². The minimum absolute atomic E-state index is 0.00378. The van der Waals surface area contributed by atoms with Gasteiger partial charge in [-0.15, -0.1) is 0 Å². The Bertz CT molecular complexity index is 538. The first kappa shape index (κ1) is 15.3. The second-order valence-corrected chi connectivity index (χ2v) is 6.06. The van der Waals surface area contributed by atoms with Gasteiger partial charge in [0, 0.05) is 36.7 Å². The van der Waals surface area contributed by atoms with Crippen molar-refractivity contribution in [2.75, 3.05) is 13.1 Å². The molecule has 20 heavy (non-hydrogen) atoms. The molecule has 0 aromatic carbocycles. The first-order valence-corrected chi connectivity index (χ1v) is 7.52. The lowest BCUT2D eigenvalue weighted by atomic mass is 10.0. The van der Waals surface area contributed by atoms with Crippen LogP contribution in [-0.2, 0) is 4.79 Å². The van der Waals surface area contributed by atoms with Gasteiger partial charge in [0.05, 0.1) is 5.56 Å². The number of rotatable bonds is 2. The summed E-state index contributed by atoms with van der Waals surface area (Å²) < 4.78 is 0.709. The minimum atomic E-state index is -0.154. The highest BCUT2D eigenvalue weighted by Gasteiger charge is 2.26. The number of carbonyl (C=O) groups excluding carboxylic acids is 2. The Morgan fingerprint density at radius 2 is 2.30 bits per heavy atom. The number of hydrogen-bond acceptors (Lipinski definition) is 3. The second kappa shape index (κ2) is 6.54. The molecular formula is C13H15BrClN3O2. The molecular weight excluding hydrogens is 346 g/mol. The molecule has 108 valence electrons. The van der Waals surface area contributed by atoms with E-state index in [1.807, 2.05) is 0 Å². The van der Waals surface area contributed by atoms with Crippen molar-refractivity contribution in [2.45, 2.75) is 25.8 Å². The van der Waals surface area contributed by atoms with E-state index in [0.717, 1.165) is 12.8 Å². The minimum Gasteiger partial charge on any atom is -0.352 e. The number of aromatic nitrogens is 1. The third-order valence-corrected chi connectivity index (χ3v) is 3.89. The van der Waals surface area contributed by atoms with Crippen molar-refractivity contribution >= 4 is 39.3 Å². The maximum absolute atomic E-state index is 12.5. The van der Waals surface area contributed by atoms with Crippen molar-refractivity contribution < 1.29 is 9.59 Å². The Morgan fingerprint density at radius 1 is 1.55 bits per heavy atom. The van der Waals surface area contributed by atoms with Crippen LogP contribution in [0.2, 0.25) is 5.15 Å². The molecule has 1 unspecified atom stereocenters. The summed E-state index contributed by atoms with van der Waals surface area (Å²) in [7, 11) is 0. The van der Waals surface area contributed by atoms with Gasteiger partial charge in [0.2, 0.25) is 5.91 Å². The van der Waals surface area contributed by atoms with Crippen LogP contribution in [0.5, 0.6) is 0 Å². The van der Waals surface area contributed by atoms with Crippen molar-refractivity contribution in [2.24, 2.45) is 0 Å². The standard InChI is InChI=1S/C13H15BrClN3O2/c1-8(19)17-10-3-2-4-18(7-10)13(20)11-5-9(14)6-16-12(11)15/h5-6,10H,2-4,7H2,1H3,(H,17,19). The van der Waals surface area contributed by atoms with Gasteiger partial charge < -0.3 is 10.2 Å². The van der Waals surface area contributed by atoms with E-state index in [4.69, 9.17) is 11.6 Å². The van der Waals surface area contributed by atoms with E-state index >= 15 is 0 Å². The lowest BCUT2D eigenvalue weighted by Crippen LogP contribution is -2.49. The molecule has 2 amide bonds. The molecule has 1 aromatic heterocycles. The first-order valence-electron chi connectivity index (χ1n) is 6.35. The third-order valence-electron chi connectivity index (χ3n) is 3.15. The summed E-state index contributed by atoms with van der Waals surface area (Å²) >= 11 is 9.27. The van der Waals surface area contributed by atoms with Crippen molar-refractivity contribution in [3.8, 4) is 0 Å². The van der Waals surface area contributed by atoms with E-state index in [-0.39, 0.29) is 23.0 Å². The highest BCUT2D eigenvalue weighted by atomic mass is 79.9. The molecule has 2 heterocycles. The summed E-state index contributed by atoms with van der Waals surface area (Å²) in [6.45, 7) is 2.65. The average Bonchev–Trinajstić information content (AvgIpc) is 2.40. The quantitative estimate of drug-likeness (QED) is 0.823. The van der Waals surface area contributed by atoms with E-state index in [1.54, 1.807) is 17.2 Å². The van der Waals surface area contributed by atoms with E-state index in [1.165, 1.54) is 6.92 Å². The average molecular weight is 361 g/mol. The molecule has 0 radical (unpaired) electrons. The zero-order valence-corrected chi connectivity index (χ0v) is 13.4. The largest absolute Gasteiger partial charge is 0.352 e. The van der Waals surface area contributed by atoms with Gasteiger partial charge in [-0.2, -0.15) is 0 Å². The number of likely N-dealkylation sites (tertiary alicyclic amines) is 1. The molecule has 1 aromatic rings. The molecule has 1 N–H and O–H groups in total. The molecule has 1 fully saturated rings. The number of halogens is 2. The summed E-state index contributed by atoms with van der Waals surface area (Å²) in [6.07, 6.45) is 3.29. The predicted molar refractivity (Wildman–Crippen MR) is 79.7 cm³/mol. The van der Waals surface area contributed by atoms with Gasteiger partial charge >= 0.3 is 0 Å². The zero-order chi connectivity index (χ0) is 14.7. The molecule has 1 saturated heterocycles. The van der Waals surface area contributed by atoms with Crippen molar-refractivity contribution in [1.29, 1.82) is 0 Å². The number of carbonyl (C=O) groups is 2. The van der Waals surface area contributed by atoms with Crippen molar-refractivity contribution in [3.05, 3.63) is 27.5 Å². The summed E-state index contributed by atoms with van der Waals surface area (Å²) in [6, 6.07) is 1.67. The smallest absolute Gasteiger partial charge is 0.257 e. The second-order valence-electron chi connectivity index (χ2n) is 4.78. The summed E-state index contributed by atoms with van der Waals surface area (Å²) in [5.74, 6) is -0.231. The van der Waals surface area contributed by atoms with Crippen LogP contribution in [0.1, 0.15) is 30.1 Å². The predicted octanol–water partition coefficient (Wildman–Crippen LogP) is 2.24. The van der Waals surface area contributed by atoms with Crippen LogP contribution in [-0.4, -0.2) is 40.8 Å². The van der Waals surface area contributed by atoms with Gasteiger partial charge in [-0.3, -0.25) is 9.59 Å². The fourth-order valence-electron chi connectivity index (χ4n) is 2.31. The van der Waals surface area contributed by atoms with Gasteiger partial charge in [-0.05, 0) is 34.8 Å². The highest BCUT2D eigenvalue weighted by Crippen LogP contribution is 2.21. The van der Waals surface area contributed by atoms with Gasteiger partial charge in [0.15, 0.2) is 0 Å². The van der Waals surface area contributed by atoms with Gasteiger partial charge in [0.1, 0.15) is 5.15 Å². The number of pyridine rings is 1. The van der Waals surface area contributed by atoms with Crippen LogP contribution >= 0.6 is 27.5 Å². The fraction of sp³-hybridized carbons (Fsp3) is 0.462. The number of hydrogen-bond donors (Lipinski definition) is 1. The Hall–Kier alpha value is -1.14. The first-order chi connectivity index (χ1) is 9.47. The molecule has 0 saturated carbocycles. The Balaban J connectivity index is 2.12. The SMILES string of the molecule is CC(=O)NC1CCCN(C(=O)c2cc(Br)cnc2Cl)C1. The zero-order valence-electron chi connectivity index (χ0n) is 11.0. The maximum atomic E-state index is 12.5. The molecule has 2 rings (SSSR count). The summed E-state index contributed by atoms with van der Waals surface area (Å²) in [5.41, 5.74) is 0.379. The molecule has 0 aliphatic carbocycles. The molecule has 0 bridgehead atoms. The lowest BCUT2D eigenvalue weighted by Gasteiger charge is -2.33. The number of piperidine rings is 1. The van der Waals surface area contributed by atoms with E-state index in [9.17, 15) is 9.59 Å². The van der Waals surface area contributed by atoms with E-state index in [2.05, 4.69) is 26.2 Å².